The molecule has 0 saturated carbocycles. The first-order valence-electron chi connectivity index (χ1n) is 9.33. The van der Waals surface area contributed by atoms with Crippen LogP contribution in [0.3, 0.4) is 0 Å². The average molecular weight is 419 g/mol. The van der Waals surface area contributed by atoms with Crippen molar-refractivity contribution >= 4 is 37.2 Å². The van der Waals surface area contributed by atoms with Gasteiger partial charge in [0, 0.05) is 23.3 Å². The minimum absolute atomic E-state index is 0.00892. The zero-order valence-electron chi connectivity index (χ0n) is 15.7. The minimum Gasteiger partial charge on any atom is -0.462 e. The number of hydrogen-bond acceptors (Lipinski definition) is 6. The van der Waals surface area contributed by atoms with Crippen LogP contribution in [-0.2, 0) is 19.1 Å². The highest BCUT2D eigenvalue weighted by atomic mass is 32.1. The van der Waals surface area contributed by atoms with Crippen LogP contribution in [-0.4, -0.2) is 25.2 Å². The summed E-state index contributed by atoms with van der Waals surface area (Å²) in [4.78, 5) is 23.6. The van der Waals surface area contributed by atoms with E-state index in [9.17, 15) is 9.59 Å². The molecule has 0 aliphatic carbocycles. The van der Waals surface area contributed by atoms with Gasteiger partial charge in [0.15, 0.2) is 0 Å². The van der Waals surface area contributed by atoms with E-state index in [0.717, 1.165) is 11.1 Å². The van der Waals surface area contributed by atoms with Crippen LogP contribution in [0.25, 0.3) is 0 Å². The molecule has 6 heteroatoms. The average Bonchev–Trinajstić information content (AvgIpc) is 2.74. The van der Waals surface area contributed by atoms with Crippen LogP contribution in [0.15, 0.2) is 60.7 Å². The summed E-state index contributed by atoms with van der Waals surface area (Å²) in [6.07, 6.45) is 1.73. The fourth-order valence-electron chi connectivity index (χ4n) is 2.65. The SMILES string of the molecule is O=C(CCC(S)c1ccccc1)OCCOC(=O)CCC(S)c1ccccc1. The second-order valence-corrected chi connectivity index (χ2v) is 7.62. The van der Waals surface area contributed by atoms with Gasteiger partial charge in [-0.25, -0.2) is 0 Å². The Morgan fingerprint density at radius 3 is 1.39 bits per heavy atom. The molecule has 2 unspecified atom stereocenters. The van der Waals surface area contributed by atoms with Gasteiger partial charge in [-0.3, -0.25) is 9.59 Å². The maximum atomic E-state index is 11.8. The monoisotopic (exact) mass is 418 g/mol. The highest BCUT2D eigenvalue weighted by Gasteiger charge is 2.12. The van der Waals surface area contributed by atoms with Crippen molar-refractivity contribution in [2.75, 3.05) is 13.2 Å². The van der Waals surface area contributed by atoms with Crippen molar-refractivity contribution in [3.63, 3.8) is 0 Å². The van der Waals surface area contributed by atoms with Gasteiger partial charge in [-0.05, 0) is 24.0 Å². The van der Waals surface area contributed by atoms with Gasteiger partial charge in [0.25, 0.3) is 0 Å². The molecule has 0 aromatic heterocycles. The predicted octanol–water partition coefficient (Wildman–Crippen LogP) is 4.98. The van der Waals surface area contributed by atoms with Crippen LogP contribution in [0.4, 0.5) is 0 Å². The molecule has 0 heterocycles. The lowest BCUT2D eigenvalue weighted by molar-refractivity contribution is -0.152. The number of benzene rings is 2. The largest absolute Gasteiger partial charge is 0.462 e. The third-order valence-electron chi connectivity index (χ3n) is 4.22. The van der Waals surface area contributed by atoms with E-state index in [1.54, 1.807) is 0 Å². The van der Waals surface area contributed by atoms with E-state index >= 15 is 0 Å². The van der Waals surface area contributed by atoms with Gasteiger partial charge in [0.2, 0.25) is 0 Å². The normalized spacial score (nSPS) is 12.8. The first-order chi connectivity index (χ1) is 13.6. The predicted molar refractivity (Wildman–Crippen MR) is 117 cm³/mol. The summed E-state index contributed by atoms with van der Waals surface area (Å²) >= 11 is 9.03. The number of esters is 2. The molecule has 0 bridgehead atoms. The van der Waals surface area contributed by atoms with Crippen molar-refractivity contribution in [2.45, 2.75) is 36.2 Å². The highest BCUT2D eigenvalue weighted by molar-refractivity contribution is 7.80. The Morgan fingerprint density at radius 1 is 0.679 bits per heavy atom. The van der Waals surface area contributed by atoms with Crippen LogP contribution < -0.4 is 0 Å². The number of thiol groups is 2. The number of ether oxygens (including phenoxy) is 2. The molecule has 0 spiro atoms. The molecule has 150 valence electrons. The summed E-state index contributed by atoms with van der Waals surface area (Å²) in [5, 5.41) is -0.0178. The van der Waals surface area contributed by atoms with Crippen LogP contribution >= 0.6 is 25.3 Å². The number of hydrogen-bond donors (Lipinski definition) is 2. The van der Waals surface area contributed by atoms with Gasteiger partial charge in [-0.2, -0.15) is 25.3 Å². The summed E-state index contributed by atoms with van der Waals surface area (Å²) < 4.78 is 10.2. The molecule has 2 aromatic rings. The lowest BCUT2D eigenvalue weighted by Crippen LogP contribution is -2.14. The third-order valence-corrected chi connectivity index (χ3v) is 5.33. The Morgan fingerprint density at radius 2 is 1.04 bits per heavy atom. The van der Waals surface area contributed by atoms with Crippen LogP contribution in [0.1, 0.15) is 47.3 Å². The van der Waals surface area contributed by atoms with Crippen LogP contribution in [0, 0.1) is 0 Å². The zero-order chi connectivity index (χ0) is 20.2. The molecule has 0 fully saturated rings. The van der Waals surface area contributed by atoms with Crippen LogP contribution in [0.5, 0.6) is 0 Å². The van der Waals surface area contributed by atoms with Gasteiger partial charge in [0.05, 0.1) is 0 Å². The molecule has 4 nitrogen and oxygen atoms in total. The summed E-state index contributed by atoms with van der Waals surface area (Å²) in [6, 6.07) is 19.6. The van der Waals surface area contributed by atoms with Crippen molar-refractivity contribution in [3.8, 4) is 0 Å². The first kappa shape index (κ1) is 22.4. The van der Waals surface area contributed by atoms with Crippen molar-refractivity contribution in [2.24, 2.45) is 0 Å². The summed E-state index contributed by atoms with van der Waals surface area (Å²) in [5.41, 5.74) is 2.15. The molecule has 0 amide bonds. The van der Waals surface area contributed by atoms with E-state index in [1.165, 1.54) is 0 Å². The third kappa shape index (κ3) is 8.40. The quantitative estimate of drug-likeness (QED) is 0.307. The Kier molecular flexibility index (Phi) is 10.0. The maximum absolute atomic E-state index is 11.8. The maximum Gasteiger partial charge on any atom is 0.305 e. The number of carbonyl (C=O) groups excluding carboxylic acids is 2. The van der Waals surface area contributed by atoms with Gasteiger partial charge in [-0.15, -0.1) is 0 Å². The van der Waals surface area contributed by atoms with Crippen molar-refractivity contribution < 1.29 is 19.1 Å². The van der Waals surface area contributed by atoms with E-state index in [4.69, 9.17) is 9.47 Å². The molecular formula is C22H26O4S2. The van der Waals surface area contributed by atoms with Crippen molar-refractivity contribution in [1.29, 1.82) is 0 Å². The molecule has 0 saturated heterocycles. The molecule has 0 aliphatic rings. The fraction of sp³-hybridized carbons (Fsp3) is 0.364. The second-order valence-electron chi connectivity index (χ2n) is 6.37. The molecule has 2 aromatic carbocycles. The highest BCUT2D eigenvalue weighted by Crippen LogP contribution is 2.25. The second kappa shape index (κ2) is 12.5. The molecule has 0 N–H and O–H groups in total. The van der Waals surface area contributed by atoms with E-state index in [1.807, 2.05) is 60.7 Å². The minimum atomic E-state index is -0.314. The Labute approximate surface area is 177 Å². The number of rotatable bonds is 11. The fourth-order valence-corrected chi connectivity index (χ4v) is 3.25. The zero-order valence-corrected chi connectivity index (χ0v) is 17.5. The Hall–Kier alpha value is -1.92. The lowest BCUT2D eigenvalue weighted by Gasteiger charge is -2.12. The van der Waals surface area contributed by atoms with E-state index in [2.05, 4.69) is 25.3 Å². The van der Waals surface area contributed by atoms with E-state index in [0.29, 0.717) is 12.8 Å². The van der Waals surface area contributed by atoms with Gasteiger partial charge >= 0.3 is 11.9 Å². The standard InChI is InChI=1S/C22H26O4S2/c23-21(13-11-19(27)17-7-3-1-4-8-17)25-15-16-26-22(24)14-12-20(28)18-9-5-2-6-10-18/h1-10,19-20,27-28H,11-16H2. The van der Waals surface area contributed by atoms with Gasteiger partial charge in [0.1, 0.15) is 13.2 Å². The van der Waals surface area contributed by atoms with Crippen molar-refractivity contribution in [1.82, 2.24) is 0 Å². The molecule has 28 heavy (non-hydrogen) atoms. The summed E-state index contributed by atoms with van der Waals surface area (Å²) in [7, 11) is 0. The Balaban J connectivity index is 1.54. The summed E-state index contributed by atoms with van der Waals surface area (Å²) in [5.74, 6) is -0.629. The van der Waals surface area contributed by atoms with E-state index < -0.39 is 0 Å². The smallest absolute Gasteiger partial charge is 0.305 e. The molecule has 0 radical (unpaired) electrons. The topological polar surface area (TPSA) is 52.6 Å². The first-order valence-corrected chi connectivity index (χ1v) is 10.4. The van der Waals surface area contributed by atoms with Gasteiger partial charge in [-0.1, -0.05) is 60.7 Å². The van der Waals surface area contributed by atoms with Crippen molar-refractivity contribution in [3.05, 3.63) is 71.8 Å². The number of carbonyl (C=O) groups is 2. The molecule has 2 atom stereocenters. The van der Waals surface area contributed by atoms with Gasteiger partial charge < -0.3 is 9.47 Å². The summed E-state index contributed by atoms with van der Waals surface area (Å²) in [6.45, 7) is 0.131. The van der Waals surface area contributed by atoms with E-state index in [-0.39, 0.29) is 48.5 Å². The molecule has 2 rings (SSSR count). The lowest BCUT2D eigenvalue weighted by atomic mass is 10.1. The van der Waals surface area contributed by atoms with Crippen LogP contribution in [0.2, 0.25) is 0 Å². The molecule has 0 aliphatic heterocycles. The Bertz CT molecular complexity index is 658. The molecular weight excluding hydrogens is 392 g/mol.